The highest BCUT2D eigenvalue weighted by molar-refractivity contribution is 7.89. The molecule has 2 N–H and O–H groups in total. The molecule has 1 aliphatic heterocycles. The van der Waals surface area contributed by atoms with Crippen molar-refractivity contribution in [1.29, 1.82) is 5.26 Å². The third kappa shape index (κ3) is 5.65. The Bertz CT molecular complexity index is 1620. The molecule has 0 saturated carbocycles. The molecule has 4 aromatic rings. The number of nitrogens with one attached hydrogen (secondary N) is 2. The molecule has 1 aliphatic rings. The Morgan fingerprint density at radius 3 is 2.39 bits per heavy atom. The third-order valence-electron chi connectivity index (χ3n) is 6.80. The minimum atomic E-state index is -3.58. The van der Waals surface area contributed by atoms with Crippen LogP contribution >= 0.6 is 0 Å². The van der Waals surface area contributed by atoms with Crippen molar-refractivity contribution in [3.8, 4) is 17.2 Å². The van der Waals surface area contributed by atoms with Crippen molar-refractivity contribution < 1.29 is 8.42 Å². The normalized spacial score (nSPS) is 14.0. The molecule has 1 saturated heterocycles. The number of benzene rings is 3. The molecule has 0 unspecified atom stereocenters. The Morgan fingerprint density at radius 2 is 1.66 bits per heavy atom. The summed E-state index contributed by atoms with van der Waals surface area (Å²) < 4.78 is 28.0. The molecule has 0 atom stereocenters. The zero-order chi connectivity index (χ0) is 26.7. The summed E-state index contributed by atoms with van der Waals surface area (Å²) in [7, 11) is -3.58. The van der Waals surface area contributed by atoms with Gasteiger partial charge in [-0.05, 0) is 111 Å². The van der Waals surface area contributed by atoms with E-state index in [0.717, 1.165) is 41.9 Å². The first-order valence-corrected chi connectivity index (χ1v) is 14.1. The molecule has 0 radical (unpaired) electrons. The number of nitrogens with zero attached hydrogens (tertiary/aromatic N) is 5. The maximum Gasteiger partial charge on any atom is 0.247 e. The Balaban J connectivity index is 1.30. The summed E-state index contributed by atoms with van der Waals surface area (Å²) in [6, 6.07) is 18.2. The van der Waals surface area contributed by atoms with Crippen LogP contribution in [0.3, 0.4) is 0 Å². The molecule has 0 amide bonds. The van der Waals surface area contributed by atoms with Crippen LogP contribution in [-0.4, -0.2) is 54.7 Å². The van der Waals surface area contributed by atoms with E-state index in [1.807, 2.05) is 44.2 Å². The van der Waals surface area contributed by atoms with Crippen molar-refractivity contribution in [3.05, 3.63) is 71.3 Å². The number of rotatable bonds is 8. The molecule has 10 heteroatoms. The standard InChI is InChI=1S/C28H29N7O2S/c1-19-5-6-21(18-29)16-24(19)25-17-27-26(15-20(25)2)32-28(34-33-27)31-22-7-9-23(10-8-22)38(36,37)30-11-14-35-12-3-4-13-35/h5-10,15-17,30H,3-4,11-14H2,1-2H3,(H,31,32,34). The number of nitriles is 1. The van der Waals surface area contributed by atoms with Crippen LogP contribution in [0.1, 0.15) is 29.5 Å². The summed E-state index contributed by atoms with van der Waals surface area (Å²) >= 11 is 0. The molecule has 0 aliphatic carbocycles. The molecule has 194 valence electrons. The van der Waals surface area contributed by atoms with Crippen LogP contribution in [0, 0.1) is 25.2 Å². The lowest BCUT2D eigenvalue weighted by atomic mass is 9.94. The Kier molecular flexibility index (Phi) is 7.33. The van der Waals surface area contributed by atoms with E-state index >= 15 is 0 Å². The molecule has 3 aromatic carbocycles. The second-order valence-electron chi connectivity index (χ2n) is 9.53. The molecule has 1 fully saturated rings. The monoisotopic (exact) mass is 527 g/mol. The molecule has 1 aromatic heterocycles. The number of likely N-dealkylation sites (tertiary alicyclic amines) is 1. The van der Waals surface area contributed by atoms with E-state index in [1.54, 1.807) is 24.3 Å². The van der Waals surface area contributed by atoms with Crippen LogP contribution in [0.15, 0.2) is 59.5 Å². The first kappa shape index (κ1) is 25.7. The van der Waals surface area contributed by atoms with Crippen LogP contribution < -0.4 is 10.0 Å². The summed E-state index contributed by atoms with van der Waals surface area (Å²) in [5.41, 5.74) is 6.61. The fraction of sp³-hybridized carbons (Fsp3) is 0.286. The van der Waals surface area contributed by atoms with Gasteiger partial charge in [-0.2, -0.15) is 5.26 Å². The van der Waals surface area contributed by atoms with E-state index in [4.69, 9.17) is 0 Å². The van der Waals surface area contributed by atoms with Gasteiger partial charge in [0.1, 0.15) is 5.52 Å². The van der Waals surface area contributed by atoms with Crippen molar-refractivity contribution >= 4 is 32.7 Å². The van der Waals surface area contributed by atoms with Gasteiger partial charge in [0.2, 0.25) is 16.0 Å². The van der Waals surface area contributed by atoms with E-state index in [0.29, 0.717) is 34.8 Å². The lowest BCUT2D eigenvalue weighted by Gasteiger charge is -2.15. The average Bonchev–Trinajstić information content (AvgIpc) is 3.42. The lowest BCUT2D eigenvalue weighted by molar-refractivity contribution is 0.344. The smallest absolute Gasteiger partial charge is 0.247 e. The van der Waals surface area contributed by atoms with Gasteiger partial charge < -0.3 is 10.2 Å². The van der Waals surface area contributed by atoms with E-state index < -0.39 is 10.0 Å². The number of hydrogen-bond acceptors (Lipinski definition) is 8. The summed E-state index contributed by atoms with van der Waals surface area (Å²) in [4.78, 5) is 7.08. The van der Waals surface area contributed by atoms with Gasteiger partial charge in [0.25, 0.3) is 0 Å². The second kappa shape index (κ2) is 10.8. The fourth-order valence-electron chi connectivity index (χ4n) is 4.69. The number of aryl methyl sites for hydroxylation is 2. The highest BCUT2D eigenvalue weighted by Gasteiger charge is 2.16. The highest BCUT2D eigenvalue weighted by atomic mass is 32.2. The van der Waals surface area contributed by atoms with E-state index in [2.05, 4.69) is 36.2 Å². The van der Waals surface area contributed by atoms with Gasteiger partial charge in [-0.15, -0.1) is 10.2 Å². The average molecular weight is 528 g/mol. The molecule has 0 spiro atoms. The quantitative estimate of drug-likeness (QED) is 0.348. The van der Waals surface area contributed by atoms with Gasteiger partial charge in [0, 0.05) is 18.8 Å². The summed E-state index contributed by atoms with van der Waals surface area (Å²) in [5, 5.41) is 21.0. The number of hydrogen-bond donors (Lipinski definition) is 2. The summed E-state index contributed by atoms with van der Waals surface area (Å²) in [6.45, 7) is 7.19. The van der Waals surface area contributed by atoms with Crippen LogP contribution in [0.4, 0.5) is 11.6 Å². The topological polar surface area (TPSA) is 124 Å². The summed E-state index contributed by atoms with van der Waals surface area (Å²) in [6.07, 6.45) is 2.35. The zero-order valence-electron chi connectivity index (χ0n) is 21.4. The van der Waals surface area contributed by atoms with Gasteiger partial charge in [-0.3, -0.25) is 0 Å². The number of anilines is 2. The summed E-state index contributed by atoms with van der Waals surface area (Å²) in [5.74, 6) is 0.312. The minimum absolute atomic E-state index is 0.209. The van der Waals surface area contributed by atoms with Gasteiger partial charge in [0.05, 0.1) is 22.0 Å². The molecular formula is C28H29N7O2S. The first-order chi connectivity index (χ1) is 18.3. The predicted octanol–water partition coefficient (Wildman–Crippen LogP) is 4.30. The maximum atomic E-state index is 12.6. The molecule has 5 rings (SSSR count). The van der Waals surface area contributed by atoms with Gasteiger partial charge >= 0.3 is 0 Å². The van der Waals surface area contributed by atoms with E-state index in [9.17, 15) is 13.7 Å². The fourth-order valence-corrected chi connectivity index (χ4v) is 5.71. The van der Waals surface area contributed by atoms with Crippen molar-refractivity contribution in [2.75, 3.05) is 31.5 Å². The number of fused-ring (bicyclic) bond motifs is 1. The van der Waals surface area contributed by atoms with Gasteiger partial charge in [-0.25, -0.2) is 18.1 Å². The number of sulfonamides is 1. The van der Waals surface area contributed by atoms with Crippen molar-refractivity contribution in [1.82, 2.24) is 24.8 Å². The molecule has 9 nitrogen and oxygen atoms in total. The van der Waals surface area contributed by atoms with Crippen molar-refractivity contribution in [3.63, 3.8) is 0 Å². The van der Waals surface area contributed by atoms with E-state index in [1.165, 1.54) is 12.8 Å². The van der Waals surface area contributed by atoms with Crippen LogP contribution in [0.25, 0.3) is 22.2 Å². The molecular weight excluding hydrogens is 498 g/mol. The van der Waals surface area contributed by atoms with Gasteiger partial charge in [0.15, 0.2) is 0 Å². The minimum Gasteiger partial charge on any atom is -0.323 e. The molecule has 0 bridgehead atoms. The number of aromatic nitrogens is 3. The van der Waals surface area contributed by atoms with Crippen LogP contribution in [0.2, 0.25) is 0 Å². The van der Waals surface area contributed by atoms with Gasteiger partial charge in [-0.1, -0.05) is 6.07 Å². The highest BCUT2D eigenvalue weighted by Crippen LogP contribution is 2.30. The second-order valence-corrected chi connectivity index (χ2v) is 11.3. The molecule has 38 heavy (non-hydrogen) atoms. The largest absolute Gasteiger partial charge is 0.323 e. The molecule has 2 heterocycles. The maximum absolute atomic E-state index is 12.6. The van der Waals surface area contributed by atoms with Crippen LogP contribution in [-0.2, 0) is 10.0 Å². The zero-order valence-corrected chi connectivity index (χ0v) is 22.2. The SMILES string of the molecule is Cc1ccc(C#N)cc1-c1cc2nnc(Nc3ccc(S(=O)(=O)NCCN4CCCC4)cc3)nc2cc1C. The van der Waals surface area contributed by atoms with Crippen LogP contribution in [0.5, 0.6) is 0 Å². The Labute approximate surface area is 222 Å². The lowest BCUT2D eigenvalue weighted by Crippen LogP contribution is -2.33. The Hall–Kier alpha value is -3.91. The van der Waals surface area contributed by atoms with Crippen molar-refractivity contribution in [2.24, 2.45) is 0 Å². The Morgan fingerprint density at radius 1 is 0.921 bits per heavy atom. The predicted molar refractivity (Wildman–Crippen MR) is 148 cm³/mol. The third-order valence-corrected chi connectivity index (χ3v) is 8.27. The van der Waals surface area contributed by atoms with E-state index in [-0.39, 0.29) is 4.90 Å². The first-order valence-electron chi connectivity index (χ1n) is 12.6. The van der Waals surface area contributed by atoms with Crippen molar-refractivity contribution in [2.45, 2.75) is 31.6 Å².